The number of benzene rings is 2. The van der Waals surface area contributed by atoms with Crippen LogP contribution in [0.1, 0.15) is 11.4 Å². The van der Waals surface area contributed by atoms with E-state index in [9.17, 15) is 10.2 Å². The van der Waals surface area contributed by atoms with Gasteiger partial charge < -0.3 is 10.2 Å². The Morgan fingerprint density at radius 1 is 0.609 bits per heavy atom. The SMILES string of the molecule is Oc1cccc2ccc([C]c3ccc4cccc(O)c4n3)nc12. The monoisotopic (exact) mass is 300 g/mol. The van der Waals surface area contributed by atoms with Crippen molar-refractivity contribution in [2.24, 2.45) is 0 Å². The summed E-state index contributed by atoms with van der Waals surface area (Å²) in [6.45, 7) is 0. The van der Waals surface area contributed by atoms with E-state index in [1.807, 2.05) is 36.4 Å². The van der Waals surface area contributed by atoms with Crippen LogP contribution in [0.25, 0.3) is 21.8 Å². The average Bonchev–Trinajstić information content (AvgIpc) is 2.56. The predicted octanol–water partition coefficient (Wildman–Crippen LogP) is 3.67. The van der Waals surface area contributed by atoms with Crippen molar-refractivity contribution in [2.45, 2.75) is 0 Å². The molecule has 0 atom stereocenters. The summed E-state index contributed by atoms with van der Waals surface area (Å²) in [6.07, 6.45) is 3.10. The fraction of sp³-hybridized carbons (Fsp3) is 0. The van der Waals surface area contributed by atoms with Gasteiger partial charge in [-0.2, -0.15) is 0 Å². The molecule has 23 heavy (non-hydrogen) atoms. The molecule has 0 saturated carbocycles. The van der Waals surface area contributed by atoms with E-state index >= 15 is 0 Å². The highest BCUT2D eigenvalue weighted by atomic mass is 16.3. The lowest BCUT2D eigenvalue weighted by Gasteiger charge is -2.05. The Labute approximate surface area is 132 Å². The molecule has 4 nitrogen and oxygen atoms in total. The number of fused-ring (bicyclic) bond motifs is 2. The lowest BCUT2D eigenvalue weighted by atomic mass is 10.1. The molecule has 110 valence electrons. The summed E-state index contributed by atoms with van der Waals surface area (Å²) in [4.78, 5) is 8.82. The highest BCUT2D eigenvalue weighted by Crippen LogP contribution is 2.25. The fourth-order valence-electron chi connectivity index (χ4n) is 2.53. The van der Waals surface area contributed by atoms with Crippen LogP contribution in [0.3, 0.4) is 0 Å². The second-order valence-corrected chi connectivity index (χ2v) is 5.22. The topological polar surface area (TPSA) is 66.2 Å². The Hall–Kier alpha value is -3.14. The zero-order valence-corrected chi connectivity index (χ0v) is 12.1. The lowest BCUT2D eigenvalue weighted by molar-refractivity contribution is 0.480. The van der Waals surface area contributed by atoms with Crippen molar-refractivity contribution in [2.75, 3.05) is 0 Å². The van der Waals surface area contributed by atoms with Gasteiger partial charge in [-0.05, 0) is 24.3 Å². The number of aromatic nitrogens is 2. The summed E-state index contributed by atoms with van der Waals surface area (Å²) < 4.78 is 0. The molecule has 0 aliphatic carbocycles. The van der Waals surface area contributed by atoms with E-state index in [0.29, 0.717) is 22.4 Å². The molecule has 0 fully saturated rings. The number of pyridine rings is 2. The molecular formula is C19H12N2O2. The van der Waals surface area contributed by atoms with Crippen molar-refractivity contribution in [3.05, 3.63) is 78.5 Å². The Bertz CT molecular complexity index is 945. The smallest absolute Gasteiger partial charge is 0.141 e. The van der Waals surface area contributed by atoms with E-state index in [4.69, 9.17) is 0 Å². The number of rotatable bonds is 2. The minimum Gasteiger partial charge on any atom is -0.506 e. The third-order valence-corrected chi connectivity index (χ3v) is 3.65. The van der Waals surface area contributed by atoms with Crippen molar-refractivity contribution in [3.63, 3.8) is 0 Å². The summed E-state index contributed by atoms with van der Waals surface area (Å²) in [5.74, 6) is 0.269. The molecular weight excluding hydrogens is 288 g/mol. The van der Waals surface area contributed by atoms with Crippen molar-refractivity contribution in [1.82, 2.24) is 9.97 Å². The number of para-hydroxylation sites is 2. The minimum absolute atomic E-state index is 0.135. The summed E-state index contributed by atoms with van der Waals surface area (Å²) in [5.41, 5.74) is 2.20. The van der Waals surface area contributed by atoms with E-state index in [1.54, 1.807) is 24.3 Å². The molecule has 0 aliphatic rings. The predicted molar refractivity (Wildman–Crippen MR) is 88.3 cm³/mol. The molecule has 2 aromatic heterocycles. The maximum absolute atomic E-state index is 9.90. The maximum atomic E-state index is 9.90. The molecule has 0 bridgehead atoms. The number of phenols is 2. The molecule has 0 saturated heterocycles. The number of aromatic hydroxyl groups is 2. The minimum atomic E-state index is 0.135. The van der Waals surface area contributed by atoms with Gasteiger partial charge in [0.2, 0.25) is 0 Å². The van der Waals surface area contributed by atoms with Crippen LogP contribution < -0.4 is 0 Å². The van der Waals surface area contributed by atoms with Gasteiger partial charge in [-0.15, -0.1) is 0 Å². The van der Waals surface area contributed by atoms with Gasteiger partial charge in [0, 0.05) is 10.8 Å². The van der Waals surface area contributed by atoms with Gasteiger partial charge in [-0.1, -0.05) is 36.4 Å². The first-order valence-electron chi connectivity index (χ1n) is 7.15. The molecule has 0 amide bonds. The summed E-state index contributed by atoms with van der Waals surface area (Å²) >= 11 is 0. The molecule has 4 aromatic rings. The number of hydrogen-bond donors (Lipinski definition) is 2. The molecule has 4 heteroatoms. The first-order chi connectivity index (χ1) is 11.2. The highest BCUT2D eigenvalue weighted by molar-refractivity contribution is 5.85. The van der Waals surface area contributed by atoms with Crippen LogP contribution in [0.4, 0.5) is 0 Å². The molecule has 0 spiro atoms. The Morgan fingerprint density at radius 3 is 1.57 bits per heavy atom. The Morgan fingerprint density at radius 2 is 1.09 bits per heavy atom. The van der Waals surface area contributed by atoms with Crippen molar-refractivity contribution >= 4 is 21.8 Å². The van der Waals surface area contributed by atoms with Crippen LogP contribution >= 0.6 is 0 Å². The molecule has 0 unspecified atom stereocenters. The quantitative estimate of drug-likeness (QED) is 0.593. The average molecular weight is 300 g/mol. The molecule has 2 aromatic carbocycles. The van der Waals surface area contributed by atoms with Gasteiger partial charge in [0.1, 0.15) is 22.5 Å². The van der Waals surface area contributed by atoms with Crippen LogP contribution in [-0.4, -0.2) is 20.2 Å². The van der Waals surface area contributed by atoms with Crippen LogP contribution in [0.15, 0.2) is 60.7 Å². The second-order valence-electron chi connectivity index (χ2n) is 5.22. The third kappa shape index (κ3) is 2.44. The highest BCUT2D eigenvalue weighted by Gasteiger charge is 2.07. The van der Waals surface area contributed by atoms with E-state index in [0.717, 1.165) is 10.8 Å². The standard InChI is InChI=1S/C19H12N2O2/c22-16-5-1-3-12-7-9-14(20-18(12)16)11-15-10-8-13-4-2-6-17(23)19(13)21-15/h1-10,22-23H. The van der Waals surface area contributed by atoms with E-state index in [1.165, 1.54) is 0 Å². The second kappa shape index (κ2) is 5.25. The molecule has 4 rings (SSSR count). The van der Waals surface area contributed by atoms with Gasteiger partial charge in [0.25, 0.3) is 0 Å². The zero-order valence-electron chi connectivity index (χ0n) is 12.1. The normalized spacial score (nSPS) is 11.1. The van der Waals surface area contributed by atoms with Gasteiger partial charge >= 0.3 is 0 Å². The summed E-state index contributed by atoms with van der Waals surface area (Å²) in [6, 6.07) is 17.9. The van der Waals surface area contributed by atoms with Crippen molar-refractivity contribution < 1.29 is 10.2 Å². The van der Waals surface area contributed by atoms with E-state index in [2.05, 4.69) is 16.4 Å². The Balaban J connectivity index is 1.75. The van der Waals surface area contributed by atoms with E-state index < -0.39 is 0 Å². The zero-order chi connectivity index (χ0) is 15.8. The van der Waals surface area contributed by atoms with Gasteiger partial charge in [-0.3, -0.25) is 0 Å². The summed E-state index contributed by atoms with van der Waals surface area (Å²) in [5, 5.41) is 21.5. The first-order valence-corrected chi connectivity index (χ1v) is 7.15. The fourth-order valence-corrected chi connectivity index (χ4v) is 2.53. The molecule has 2 heterocycles. The van der Waals surface area contributed by atoms with Crippen molar-refractivity contribution in [1.29, 1.82) is 0 Å². The van der Waals surface area contributed by atoms with Gasteiger partial charge in [0.15, 0.2) is 0 Å². The van der Waals surface area contributed by atoms with E-state index in [-0.39, 0.29) is 11.5 Å². The molecule has 2 radical (unpaired) electrons. The largest absolute Gasteiger partial charge is 0.506 e. The van der Waals surface area contributed by atoms with Crippen LogP contribution in [0.2, 0.25) is 0 Å². The maximum Gasteiger partial charge on any atom is 0.141 e. The summed E-state index contributed by atoms with van der Waals surface area (Å²) in [7, 11) is 0. The molecule has 2 N–H and O–H groups in total. The van der Waals surface area contributed by atoms with Gasteiger partial charge in [-0.25, -0.2) is 9.97 Å². The van der Waals surface area contributed by atoms with Crippen LogP contribution in [0, 0.1) is 6.42 Å². The van der Waals surface area contributed by atoms with Crippen molar-refractivity contribution in [3.8, 4) is 11.5 Å². The third-order valence-electron chi connectivity index (χ3n) is 3.65. The number of hydrogen-bond acceptors (Lipinski definition) is 4. The Kier molecular flexibility index (Phi) is 3.08. The van der Waals surface area contributed by atoms with Crippen LogP contribution in [-0.2, 0) is 0 Å². The van der Waals surface area contributed by atoms with Crippen LogP contribution in [0.5, 0.6) is 11.5 Å². The molecule has 0 aliphatic heterocycles. The first kappa shape index (κ1) is 13.5. The number of nitrogens with zero attached hydrogens (tertiary/aromatic N) is 2. The van der Waals surface area contributed by atoms with Gasteiger partial charge in [0.05, 0.1) is 17.8 Å². The lowest BCUT2D eigenvalue weighted by Crippen LogP contribution is -1.94. The number of phenolic OH excluding ortho intramolecular Hbond substituents is 2.